The van der Waals surface area contributed by atoms with Crippen molar-refractivity contribution in [2.75, 3.05) is 18.0 Å². The first kappa shape index (κ1) is 10.9. The maximum atomic E-state index is 13.5. The largest absolute Gasteiger partial charge is 0.367 e. The third kappa shape index (κ3) is 1.99. The van der Waals surface area contributed by atoms with Crippen LogP contribution in [0, 0.1) is 28.9 Å². The van der Waals surface area contributed by atoms with E-state index in [4.69, 9.17) is 5.26 Å². The SMILES string of the molecule is N#CC1CCN(c2c(F)cccc2F)CC1. The van der Waals surface area contributed by atoms with Crippen LogP contribution in [0.4, 0.5) is 14.5 Å². The van der Waals surface area contributed by atoms with E-state index in [1.165, 1.54) is 18.2 Å². The summed E-state index contributed by atoms with van der Waals surface area (Å²) in [5.74, 6) is -1.04. The van der Waals surface area contributed by atoms with Crippen molar-refractivity contribution in [1.82, 2.24) is 0 Å². The van der Waals surface area contributed by atoms with E-state index in [-0.39, 0.29) is 11.6 Å². The van der Waals surface area contributed by atoms with Crippen LogP contribution in [0.5, 0.6) is 0 Å². The van der Waals surface area contributed by atoms with Gasteiger partial charge in [-0.25, -0.2) is 8.78 Å². The summed E-state index contributed by atoms with van der Waals surface area (Å²) in [5.41, 5.74) is 0.0406. The van der Waals surface area contributed by atoms with E-state index >= 15 is 0 Å². The van der Waals surface area contributed by atoms with Gasteiger partial charge in [0.25, 0.3) is 0 Å². The molecule has 0 spiro atoms. The molecule has 1 aliphatic rings. The second-order valence-electron chi connectivity index (χ2n) is 3.96. The first-order valence-corrected chi connectivity index (χ1v) is 5.31. The molecule has 1 aromatic rings. The van der Waals surface area contributed by atoms with Crippen LogP contribution in [-0.2, 0) is 0 Å². The average molecular weight is 222 g/mol. The molecule has 0 amide bonds. The summed E-state index contributed by atoms with van der Waals surface area (Å²) in [5, 5.41) is 8.74. The highest BCUT2D eigenvalue weighted by Gasteiger charge is 2.23. The van der Waals surface area contributed by atoms with Gasteiger partial charge in [-0.1, -0.05) is 6.07 Å². The Labute approximate surface area is 93.1 Å². The van der Waals surface area contributed by atoms with E-state index in [0.717, 1.165) is 0 Å². The molecular formula is C12H12F2N2. The van der Waals surface area contributed by atoms with Gasteiger partial charge in [0.05, 0.1) is 6.07 Å². The summed E-state index contributed by atoms with van der Waals surface area (Å²) in [4.78, 5) is 1.68. The number of hydrogen-bond donors (Lipinski definition) is 0. The van der Waals surface area contributed by atoms with Crippen LogP contribution in [0.25, 0.3) is 0 Å². The number of nitriles is 1. The molecule has 1 saturated heterocycles. The molecule has 0 unspecified atom stereocenters. The molecule has 16 heavy (non-hydrogen) atoms. The topological polar surface area (TPSA) is 27.0 Å². The highest BCUT2D eigenvalue weighted by molar-refractivity contribution is 5.49. The number of piperidine rings is 1. The average Bonchev–Trinajstić information content (AvgIpc) is 2.30. The second kappa shape index (κ2) is 4.48. The minimum Gasteiger partial charge on any atom is -0.367 e. The maximum absolute atomic E-state index is 13.5. The summed E-state index contributed by atoms with van der Waals surface area (Å²) in [7, 11) is 0. The van der Waals surface area contributed by atoms with E-state index in [1.54, 1.807) is 4.90 Å². The van der Waals surface area contributed by atoms with E-state index in [0.29, 0.717) is 25.9 Å². The van der Waals surface area contributed by atoms with Gasteiger partial charge < -0.3 is 4.90 Å². The predicted octanol–water partition coefficient (Wildman–Crippen LogP) is 2.70. The molecule has 0 aromatic heterocycles. The Morgan fingerprint density at radius 2 is 1.75 bits per heavy atom. The first-order chi connectivity index (χ1) is 7.72. The van der Waals surface area contributed by atoms with E-state index in [2.05, 4.69) is 6.07 Å². The smallest absolute Gasteiger partial charge is 0.149 e. The fraction of sp³-hybridized carbons (Fsp3) is 0.417. The van der Waals surface area contributed by atoms with Gasteiger partial charge in [0.15, 0.2) is 0 Å². The number of benzene rings is 1. The Bertz CT molecular complexity index is 397. The van der Waals surface area contributed by atoms with Crippen molar-refractivity contribution in [2.24, 2.45) is 5.92 Å². The fourth-order valence-electron chi connectivity index (χ4n) is 2.02. The van der Waals surface area contributed by atoms with Crippen LogP contribution < -0.4 is 4.90 Å². The highest BCUT2D eigenvalue weighted by atomic mass is 19.1. The second-order valence-corrected chi connectivity index (χ2v) is 3.96. The van der Waals surface area contributed by atoms with Crippen molar-refractivity contribution >= 4 is 5.69 Å². The summed E-state index contributed by atoms with van der Waals surface area (Å²) >= 11 is 0. The third-order valence-corrected chi connectivity index (χ3v) is 2.93. The predicted molar refractivity (Wildman–Crippen MR) is 56.9 cm³/mol. The van der Waals surface area contributed by atoms with Crippen LogP contribution in [0.15, 0.2) is 18.2 Å². The van der Waals surface area contributed by atoms with Crippen molar-refractivity contribution in [3.05, 3.63) is 29.8 Å². The molecule has 0 N–H and O–H groups in total. The minimum absolute atomic E-state index is 0.0195. The zero-order valence-corrected chi connectivity index (χ0v) is 8.79. The normalized spacial score (nSPS) is 17.2. The van der Waals surface area contributed by atoms with Crippen molar-refractivity contribution in [3.8, 4) is 6.07 Å². The molecule has 2 nitrogen and oxygen atoms in total. The van der Waals surface area contributed by atoms with Gasteiger partial charge >= 0.3 is 0 Å². The number of para-hydroxylation sites is 1. The van der Waals surface area contributed by atoms with Gasteiger partial charge in [0, 0.05) is 19.0 Å². The van der Waals surface area contributed by atoms with Crippen LogP contribution in [0.3, 0.4) is 0 Å². The molecule has 1 heterocycles. The molecular weight excluding hydrogens is 210 g/mol. The van der Waals surface area contributed by atoms with Crippen LogP contribution in [0.2, 0.25) is 0 Å². The molecule has 1 fully saturated rings. The molecule has 0 atom stereocenters. The number of rotatable bonds is 1. The lowest BCUT2D eigenvalue weighted by Gasteiger charge is -2.31. The molecule has 0 bridgehead atoms. The molecule has 1 aliphatic heterocycles. The van der Waals surface area contributed by atoms with Gasteiger partial charge in [0.2, 0.25) is 0 Å². The van der Waals surface area contributed by atoms with Crippen molar-refractivity contribution in [3.63, 3.8) is 0 Å². The van der Waals surface area contributed by atoms with Crippen molar-refractivity contribution in [1.29, 1.82) is 5.26 Å². The Kier molecular flexibility index (Phi) is 3.04. The summed E-state index contributed by atoms with van der Waals surface area (Å²) < 4.78 is 26.9. The molecule has 84 valence electrons. The third-order valence-electron chi connectivity index (χ3n) is 2.93. The van der Waals surface area contributed by atoms with Gasteiger partial charge in [-0.2, -0.15) is 5.26 Å². The summed E-state index contributed by atoms with van der Waals surface area (Å²) in [6, 6.07) is 6.07. The Balaban J connectivity index is 2.18. The Morgan fingerprint density at radius 3 is 2.25 bits per heavy atom. The van der Waals surface area contributed by atoms with Crippen molar-refractivity contribution in [2.45, 2.75) is 12.8 Å². The number of hydrogen-bond acceptors (Lipinski definition) is 2. The number of nitrogens with zero attached hydrogens (tertiary/aromatic N) is 2. The van der Waals surface area contributed by atoms with Crippen LogP contribution in [-0.4, -0.2) is 13.1 Å². The minimum atomic E-state index is -0.532. The van der Waals surface area contributed by atoms with Gasteiger partial charge in [0.1, 0.15) is 17.3 Å². The Morgan fingerprint density at radius 1 is 1.19 bits per heavy atom. The lowest BCUT2D eigenvalue weighted by atomic mass is 9.98. The van der Waals surface area contributed by atoms with E-state index in [9.17, 15) is 8.78 Å². The van der Waals surface area contributed by atoms with Crippen LogP contribution in [0.1, 0.15) is 12.8 Å². The lowest BCUT2D eigenvalue weighted by molar-refractivity contribution is 0.472. The lowest BCUT2D eigenvalue weighted by Crippen LogP contribution is -2.34. The molecule has 2 rings (SSSR count). The van der Waals surface area contributed by atoms with Gasteiger partial charge in [-0.05, 0) is 25.0 Å². The standard InChI is InChI=1S/C12H12F2N2/c13-10-2-1-3-11(14)12(10)16-6-4-9(8-15)5-7-16/h1-3,9H,4-7H2. The maximum Gasteiger partial charge on any atom is 0.149 e. The Hall–Kier alpha value is -1.63. The molecule has 4 heteroatoms. The molecule has 0 aliphatic carbocycles. The molecule has 0 saturated carbocycles. The monoisotopic (exact) mass is 222 g/mol. The van der Waals surface area contributed by atoms with Gasteiger partial charge in [-0.15, -0.1) is 0 Å². The van der Waals surface area contributed by atoms with Gasteiger partial charge in [-0.3, -0.25) is 0 Å². The quantitative estimate of drug-likeness (QED) is 0.730. The molecule has 1 aromatic carbocycles. The zero-order chi connectivity index (χ0) is 11.5. The first-order valence-electron chi connectivity index (χ1n) is 5.31. The summed E-state index contributed by atoms with van der Waals surface area (Å²) in [6.07, 6.45) is 1.34. The summed E-state index contributed by atoms with van der Waals surface area (Å²) in [6.45, 7) is 1.08. The number of halogens is 2. The zero-order valence-electron chi connectivity index (χ0n) is 8.79. The fourth-order valence-corrected chi connectivity index (χ4v) is 2.02. The van der Waals surface area contributed by atoms with Crippen LogP contribution >= 0.6 is 0 Å². The highest BCUT2D eigenvalue weighted by Crippen LogP contribution is 2.27. The van der Waals surface area contributed by atoms with E-state index in [1.807, 2.05) is 0 Å². The van der Waals surface area contributed by atoms with Crippen molar-refractivity contribution < 1.29 is 8.78 Å². The molecule has 0 radical (unpaired) electrons. The number of anilines is 1. The van der Waals surface area contributed by atoms with E-state index < -0.39 is 11.6 Å².